The molecular weight excluding hydrogens is 875 g/mol. The highest BCUT2D eigenvalue weighted by atomic mass is 32.1. The Labute approximate surface area is 378 Å². The van der Waals surface area contributed by atoms with Gasteiger partial charge < -0.3 is 35.5 Å². The smallest absolute Gasteiger partial charge is 0.433 e. The second kappa shape index (κ2) is 21.5. The summed E-state index contributed by atoms with van der Waals surface area (Å²) in [5.41, 5.74) is 2.00. The Hall–Kier alpha value is -7.84. The number of nitrogens with one attached hydrogen (secondary N) is 3. The first-order chi connectivity index (χ1) is 31.5. The number of carbonyl (C=O) groups excluding carboxylic acids is 4. The zero-order valence-electron chi connectivity index (χ0n) is 34.5. The fraction of sp³-hybridized carbons (Fsp3) is 0.200. The van der Waals surface area contributed by atoms with Crippen LogP contribution in [-0.2, 0) is 9.59 Å². The van der Waals surface area contributed by atoms with Crippen molar-refractivity contribution in [2.24, 2.45) is 0 Å². The van der Waals surface area contributed by atoms with E-state index in [0.29, 0.717) is 64.4 Å². The lowest BCUT2D eigenvalue weighted by Crippen LogP contribution is -2.36. The second-order valence-corrected chi connectivity index (χ2v) is 16.0. The topological polar surface area (TPSA) is 256 Å². The molecule has 4 aromatic heterocycles. The molecule has 18 nitrogen and oxygen atoms in total. The van der Waals surface area contributed by atoms with Gasteiger partial charge in [0.05, 0.1) is 22.7 Å². The number of anilines is 1. The van der Waals surface area contributed by atoms with Gasteiger partial charge in [-0.25, -0.2) is 19.9 Å². The Bertz CT molecular complexity index is 2870. The predicted molar refractivity (Wildman–Crippen MR) is 245 cm³/mol. The number of nitro groups is 1. The maximum absolute atomic E-state index is 13.7. The van der Waals surface area contributed by atoms with Crippen LogP contribution in [0.3, 0.4) is 0 Å². The van der Waals surface area contributed by atoms with E-state index >= 15 is 0 Å². The standard InChI is InChI=1S/C45H41N9O9S2/c55-35-14-5-2-11-30(35)44-49-33(26-64-44)42(59)46-22-7-8-24-53(25-9-23-47-43(60)34-27-65-45(50-34)31-12-3-6-15-36(31)56)39(58)20-19-38(57)52-41-29-10-1-4-13-32(29)48-37(51-41)18-16-28-17-21-40(63-28)54(61)62/h1-6,10-18,21,26-27,55-56H,7-9,19-20,22-25H2,(H,46,59)(H,47,60)(H,48,51,52,57)/b18-16+. The number of rotatable bonds is 20. The van der Waals surface area contributed by atoms with Crippen LogP contribution in [0.1, 0.15) is 64.7 Å². The van der Waals surface area contributed by atoms with Crippen molar-refractivity contribution in [1.82, 2.24) is 35.5 Å². The van der Waals surface area contributed by atoms with Crippen molar-refractivity contribution in [3.8, 4) is 32.6 Å². The summed E-state index contributed by atoms with van der Waals surface area (Å²) in [6.07, 6.45) is 4.12. The first-order valence-corrected chi connectivity index (χ1v) is 22.1. The fourth-order valence-corrected chi connectivity index (χ4v) is 8.15. The minimum atomic E-state index is -0.647. The summed E-state index contributed by atoms with van der Waals surface area (Å²) in [5.74, 6) is -1.18. The van der Waals surface area contributed by atoms with Crippen molar-refractivity contribution >= 4 is 81.1 Å². The van der Waals surface area contributed by atoms with Gasteiger partial charge in [-0.05, 0) is 73.9 Å². The number of carbonyl (C=O) groups is 4. The number of thiazole rings is 2. The number of hydrogen-bond donors (Lipinski definition) is 5. The number of hydrogen-bond acceptors (Lipinski definition) is 15. The van der Waals surface area contributed by atoms with Crippen LogP contribution in [0.2, 0.25) is 0 Å². The molecule has 0 aliphatic rings. The molecule has 0 spiro atoms. The van der Waals surface area contributed by atoms with Crippen LogP contribution < -0.4 is 16.0 Å². The second-order valence-electron chi connectivity index (χ2n) is 14.3. The van der Waals surface area contributed by atoms with Crippen LogP contribution in [0, 0.1) is 10.1 Å². The number of phenolic OH excluding ortho intramolecular Hbond substituents is 2. The molecule has 7 rings (SSSR count). The van der Waals surface area contributed by atoms with E-state index in [0.717, 1.165) is 0 Å². The molecule has 0 saturated heterocycles. The monoisotopic (exact) mass is 915 g/mol. The molecule has 4 amide bonds. The van der Waals surface area contributed by atoms with Gasteiger partial charge in [0.15, 0.2) is 5.82 Å². The van der Waals surface area contributed by atoms with Crippen molar-refractivity contribution in [3.63, 3.8) is 0 Å². The van der Waals surface area contributed by atoms with E-state index in [1.807, 2.05) is 0 Å². The van der Waals surface area contributed by atoms with E-state index in [4.69, 9.17) is 4.42 Å². The normalized spacial score (nSPS) is 11.1. The maximum Gasteiger partial charge on any atom is 0.433 e. The van der Waals surface area contributed by atoms with Crippen LogP contribution in [0.15, 0.2) is 100 Å². The molecule has 4 heterocycles. The molecule has 332 valence electrons. The maximum atomic E-state index is 13.7. The van der Waals surface area contributed by atoms with E-state index in [2.05, 4.69) is 35.9 Å². The van der Waals surface area contributed by atoms with Gasteiger partial charge in [-0.2, -0.15) is 0 Å². The molecule has 0 bridgehead atoms. The molecular formula is C45H41N9O9S2. The third kappa shape index (κ3) is 12.0. The molecule has 0 atom stereocenters. The predicted octanol–water partition coefficient (Wildman–Crippen LogP) is 7.54. The van der Waals surface area contributed by atoms with Crippen molar-refractivity contribution in [2.75, 3.05) is 31.5 Å². The summed E-state index contributed by atoms with van der Waals surface area (Å²) in [6.45, 7) is 1.13. The van der Waals surface area contributed by atoms with Gasteiger partial charge >= 0.3 is 5.88 Å². The summed E-state index contributed by atoms with van der Waals surface area (Å²) in [6, 6.07) is 23.2. The van der Waals surface area contributed by atoms with Crippen LogP contribution in [0.5, 0.6) is 11.5 Å². The molecule has 0 aliphatic carbocycles. The van der Waals surface area contributed by atoms with Gasteiger partial charge in [-0.15, -0.1) is 22.7 Å². The summed E-state index contributed by atoms with van der Waals surface area (Å²) < 4.78 is 5.18. The highest BCUT2D eigenvalue weighted by Crippen LogP contribution is 2.32. The molecule has 0 unspecified atom stereocenters. The average Bonchev–Trinajstić information content (AvgIpc) is 4.11. The van der Waals surface area contributed by atoms with Crippen LogP contribution in [0.25, 0.3) is 44.2 Å². The molecule has 0 fully saturated rings. The number of unbranched alkanes of at least 4 members (excludes halogenated alkanes) is 1. The minimum absolute atomic E-state index is 0.0568. The molecule has 0 saturated carbocycles. The number of amides is 4. The Morgan fingerprint density at radius 3 is 1.94 bits per heavy atom. The van der Waals surface area contributed by atoms with Crippen LogP contribution in [-0.4, -0.2) is 89.8 Å². The van der Waals surface area contributed by atoms with Crippen LogP contribution in [0.4, 0.5) is 11.7 Å². The number of fused-ring (bicyclic) bond motifs is 1. The Balaban J connectivity index is 0.944. The lowest BCUT2D eigenvalue weighted by molar-refractivity contribution is -0.402. The highest BCUT2D eigenvalue weighted by Gasteiger charge is 2.19. The van der Waals surface area contributed by atoms with Crippen LogP contribution >= 0.6 is 22.7 Å². The zero-order valence-corrected chi connectivity index (χ0v) is 36.1. The van der Waals surface area contributed by atoms with Gasteiger partial charge in [0.2, 0.25) is 11.8 Å². The summed E-state index contributed by atoms with van der Waals surface area (Å²) in [7, 11) is 0. The summed E-state index contributed by atoms with van der Waals surface area (Å²) >= 11 is 2.48. The number of phenols is 2. The first kappa shape index (κ1) is 45.2. The van der Waals surface area contributed by atoms with Gasteiger partial charge in [-0.3, -0.25) is 29.3 Å². The molecule has 3 aromatic carbocycles. The molecule has 5 N–H and O–H groups in total. The van der Waals surface area contributed by atoms with Gasteiger partial charge in [0, 0.05) is 55.2 Å². The van der Waals surface area contributed by atoms with E-state index < -0.39 is 22.6 Å². The van der Waals surface area contributed by atoms with E-state index in [9.17, 15) is 39.5 Å². The van der Waals surface area contributed by atoms with E-state index in [-0.39, 0.29) is 78.0 Å². The lowest BCUT2D eigenvalue weighted by Gasteiger charge is -2.23. The van der Waals surface area contributed by atoms with E-state index in [1.54, 1.807) is 88.5 Å². The highest BCUT2D eigenvalue weighted by molar-refractivity contribution is 7.13. The summed E-state index contributed by atoms with van der Waals surface area (Å²) in [5, 5.41) is 44.7. The first-order valence-electron chi connectivity index (χ1n) is 20.3. The number of aromatic hydroxyl groups is 2. The largest absolute Gasteiger partial charge is 0.507 e. The molecule has 0 aliphatic heterocycles. The third-order valence-corrected chi connectivity index (χ3v) is 11.5. The van der Waals surface area contributed by atoms with Crippen molar-refractivity contribution in [1.29, 1.82) is 0 Å². The van der Waals surface area contributed by atoms with Gasteiger partial charge in [0.1, 0.15) is 49.4 Å². The van der Waals surface area contributed by atoms with Gasteiger partial charge in [-0.1, -0.05) is 36.4 Å². The quantitative estimate of drug-likeness (QED) is 0.0282. The third-order valence-electron chi connectivity index (χ3n) is 9.76. The molecule has 0 radical (unpaired) electrons. The Morgan fingerprint density at radius 2 is 1.31 bits per heavy atom. The summed E-state index contributed by atoms with van der Waals surface area (Å²) in [4.78, 5) is 82.6. The Morgan fingerprint density at radius 1 is 0.708 bits per heavy atom. The van der Waals surface area contributed by atoms with Crippen molar-refractivity contribution in [3.05, 3.63) is 129 Å². The van der Waals surface area contributed by atoms with Gasteiger partial charge in [0.25, 0.3) is 11.8 Å². The number of nitrogens with zero attached hydrogens (tertiary/aromatic N) is 6. The molecule has 65 heavy (non-hydrogen) atoms. The fourth-order valence-electron chi connectivity index (χ4n) is 6.48. The molecule has 20 heteroatoms. The zero-order chi connectivity index (χ0) is 45.7. The molecule has 7 aromatic rings. The lowest BCUT2D eigenvalue weighted by atomic mass is 10.2. The number of aromatic nitrogens is 4. The average molecular weight is 916 g/mol. The SMILES string of the molecule is O=C(CCC(=O)N(CCCCNC(=O)c1csc(-c2ccccc2O)n1)CCCNC(=O)c1csc(-c2ccccc2O)n1)Nc1nc(/C=C/c2ccc([N+](=O)[O-])o2)nc2ccccc12. The number of furan rings is 1. The number of benzene rings is 3. The number of para-hydroxylation sites is 3. The Kier molecular flexibility index (Phi) is 14.9. The van der Waals surface area contributed by atoms with Crippen molar-refractivity contribution in [2.45, 2.75) is 32.1 Å². The minimum Gasteiger partial charge on any atom is -0.507 e. The van der Waals surface area contributed by atoms with Crippen molar-refractivity contribution < 1.29 is 38.7 Å². The van der Waals surface area contributed by atoms with E-state index in [1.165, 1.54) is 47.0 Å².